The molecule has 1 aromatic heterocycles. The van der Waals surface area contributed by atoms with Crippen LogP contribution in [0.25, 0.3) is 10.9 Å². The molecule has 0 radical (unpaired) electrons. The van der Waals surface area contributed by atoms with Crippen molar-refractivity contribution in [2.75, 3.05) is 31.7 Å². The van der Waals surface area contributed by atoms with Gasteiger partial charge in [0, 0.05) is 12.1 Å². The molecule has 6 rings (SSSR count). The predicted octanol–water partition coefficient (Wildman–Crippen LogP) is 4.95. The number of fused-ring (bicyclic) bond motifs is 3. The van der Waals surface area contributed by atoms with E-state index in [4.69, 9.17) is 18.9 Å². The van der Waals surface area contributed by atoms with Gasteiger partial charge in [0.2, 0.25) is 5.91 Å². The number of rotatable bonds is 5. The number of nitrogens with one attached hydrogen (secondary N) is 1. The van der Waals surface area contributed by atoms with Crippen LogP contribution in [0.15, 0.2) is 48.5 Å². The largest absolute Gasteiger partial charge is 0.486 e. The van der Waals surface area contributed by atoms with Gasteiger partial charge in [-0.25, -0.2) is 8.78 Å². The normalized spacial score (nSPS) is 13.3. The van der Waals surface area contributed by atoms with Gasteiger partial charge in [-0.1, -0.05) is 26.0 Å². The fourth-order valence-electron chi connectivity index (χ4n) is 4.45. The lowest BCUT2D eigenvalue weighted by Crippen LogP contribution is -2.19. The Labute approximate surface area is 228 Å². The zero-order valence-corrected chi connectivity index (χ0v) is 22.0. The fourth-order valence-corrected chi connectivity index (χ4v) is 4.45. The Kier molecular flexibility index (Phi) is 7.81. The van der Waals surface area contributed by atoms with Gasteiger partial charge in [0.05, 0.1) is 23.7 Å². The van der Waals surface area contributed by atoms with E-state index in [9.17, 15) is 18.4 Å². The third-order valence-electron chi connectivity index (χ3n) is 6.13. The minimum absolute atomic E-state index is 0.0705. The third kappa shape index (κ3) is 5.54. The monoisotopic (exact) mass is 551 g/mol. The molecule has 208 valence electrons. The maximum Gasteiger partial charge on any atom is 0.251 e. The Bertz CT molecular complexity index is 1590. The molecule has 4 aromatic rings. The minimum atomic E-state index is -0.951. The van der Waals surface area contributed by atoms with Crippen LogP contribution in [0, 0.1) is 11.6 Å². The lowest BCUT2D eigenvalue weighted by Gasteiger charge is -2.18. The van der Waals surface area contributed by atoms with Crippen LogP contribution in [-0.4, -0.2) is 48.0 Å². The van der Waals surface area contributed by atoms with Crippen molar-refractivity contribution in [2.45, 2.75) is 26.7 Å². The molecule has 0 aliphatic carbocycles. The Morgan fingerprint density at radius 1 is 0.800 bits per heavy atom. The van der Waals surface area contributed by atoms with E-state index in [2.05, 4.69) is 10.4 Å². The quantitative estimate of drug-likeness (QED) is 0.375. The van der Waals surface area contributed by atoms with Crippen molar-refractivity contribution in [1.29, 1.82) is 0 Å². The van der Waals surface area contributed by atoms with Gasteiger partial charge in [-0.15, -0.1) is 5.10 Å². The zero-order chi connectivity index (χ0) is 28.2. The van der Waals surface area contributed by atoms with Crippen molar-refractivity contribution in [1.82, 2.24) is 9.78 Å². The summed E-state index contributed by atoms with van der Waals surface area (Å²) >= 11 is 0. The molecule has 0 spiro atoms. The second-order valence-electron chi connectivity index (χ2n) is 8.79. The molecule has 1 N–H and O–H groups in total. The predicted molar refractivity (Wildman–Crippen MR) is 143 cm³/mol. The summed E-state index contributed by atoms with van der Waals surface area (Å²) in [5, 5.41) is 6.55. The van der Waals surface area contributed by atoms with E-state index >= 15 is 0 Å². The molecule has 2 aliphatic rings. The summed E-state index contributed by atoms with van der Waals surface area (Å²) < 4.78 is 52.0. The van der Waals surface area contributed by atoms with Crippen LogP contribution < -0.4 is 24.3 Å². The summed E-state index contributed by atoms with van der Waals surface area (Å²) in [6.45, 7) is 5.68. The maximum absolute atomic E-state index is 14.8. The molecular formula is C29H27F2N3O6. The first-order chi connectivity index (χ1) is 19.4. The van der Waals surface area contributed by atoms with Crippen LogP contribution in [-0.2, 0) is 17.6 Å². The number of nitrogens with zero attached hydrogens (tertiary/aromatic N) is 2. The number of carbonyl (C=O) groups is 2. The van der Waals surface area contributed by atoms with E-state index in [0.29, 0.717) is 66.6 Å². The summed E-state index contributed by atoms with van der Waals surface area (Å²) in [4.78, 5) is 26.0. The average Bonchev–Trinajstić information content (AvgIpc) is 3.32. The number of ether oxygens (including phenoxy) is 4. The highest BCUT2D eigenvalue weighted by molar-refractivity contribution is 6.03. The number of hydrogen-bond donors (Lipinski definition) is 1. The van der Waals surface area contributed by atoms with E-state index in [1.54, 1.807) is 36.4 Å². The molecule has 9 nitrogen and oxygen atoms in total. The highest BCUT2D eigenvalue weighted by Gasteiger charge is 2.23. The highest BCUT2D eigenvalue weighted by Crippen LogP contribution is 2.33. The first-order valence-corrected chi connectivity index (χ1v) is 12.9. The summed E-state index contributed by atoms with van der Waals surface area (Å²) in [7, 11) is 0. The molecule has 0 saturated heterocycles. The fraction of sp³-hybridized carbons (Fsp3) is 0.276. The van der Waals surface area contributed by atoms with E-state index in [0.717, 1.165) is 10.7 Å². The molecule has 0 fully saturated rings. The Balaban J connectivity index is 0.00000158. The summed E-state index contributed by atoms with van der Waals surface area (Å²) in [5.74, 6) is -0.866. The topological polar surface area (TPSA) is 101 Å². The van der Waals surface area contributed by atoms with E-state index in [1.807, 2.05) is 13.8 Å². The van der Waals surface area contributed by atoms with Crippen molar-refractivity contribution in [3.05, 3.63) is 71.3 Å². The molecule has 3 heterocycles. The Morgan fingerprint density at radius 2 is 1.35 bits per heavy atom. The molecule has 11 heteroatoms. The van der Waals surface area contributed by atoms with Crippen LogP contribution in [0.5, 0.6) is 23.0 Å². The average molecular weight is 552 g/mol. The van der Waals surface area contributed by atoms with Crippen molar-refractivity contribution in [2.24, 2.45) is 0 Å². The number of carbonyl (C=O) groups excluding carboxylic acids is 2. The smallest absolute Gasteiger partial charge is 0.251 e. The number of aromatic nitrogens is 2. The van der Waals surface area contributed by atoms with E-state index in [-0.39, 0.29) is 29.6 Å². The zero-order valence-electron chi connectivity index (χ0n) is 22.0. The first kappa shape index (κ1) is 26.9. The van der Waals surface area contributed by atoms with Crippen LogP contribution in [0.3, 0.4) is 0 Å². The Hall–Kier alpha value is -4.67. The number of amides is 1. The van der Waals surface area contributed by atoms with Gasteiger partial charge in [-0.05, 0) is 35.4 Å². The standard InChI is InChI=1S/C27H21F2N3O6.C2H6/c28-17-13-18(29)26-19(14-17)32(25(34)12-16-2-4-21-23(10-16)38-8-6-36-21)31-27(26)30-24(33)11-15-1-3-20-22(9-15)37-7-5-35-20;1-2/h1-4,9-10,13-14H,5-8,11-12H2,(H,30,31,33);1-2H3. The van der Waals surface area contributed by atoms with Crippen LogP contribution in [0.2, 0.25) is 0 Å². The molecule has 3 aromatic carbocycles. The second kappa shape index (κ2) is 11.6. The van der Waals surface area contributed by atoms with Crippen LogP contribution in [0.1, 0.15) is 29.8 Å². The Morgan fingerprint density at radius 3 is 1.95 bits per heavy atom. The number of benzene rings is 3. The lowest BCUT2D eigenvalue weighted by molar-refractivity contribution is -0.115. The highest BCUT2D eigenvalue weighted by atomic mass is 19.1. The molecule has 0 saturated carbocycles. The number of halogens is 2. The maximum atomic E-state index is 14.8. The van der Waals surface area contributed by atoms with Crippen molar-refractivity contribution >= 4 is 28.5 Å². The van der Waals surface area contributed by atoms with Gasteiger partial charge < -0.3 is 24.3 Å². The number of anilines is 1. The van der Waals surface area contributed by atoms with Crippen LogP contribution in [0.4, 0.5) is 14.6 Å². The second-order valence-corrected chi connectivity index (χ2v) is 8.79. The molecule has 2 aliphatic heterocycles. The van der Waals surface area contributed by atoms with Crippen LogP contribution >= 0.6 is 0 Å². The van der Waals surface area contributed by atoms with Gasteiger partial charge >= 0.3 is 0 Å². The van der Waals surface area contributed by atoms with Gasteiger partial charge in [-0.2, -0.15) is 4.68 Å². The third-order valence-corrected chi connectivity index (χ3v) is 6.13. The van der Waals surface area contributed by atoms with Gasteiger partial charge in [-0.3, -0.25) is 9.59 Å². The molecule has 0 atom stereocenters. The van der Waals surface area contributed by atoms with Gasteiger partial charge in [0.25, 0.3) is 5.91 Å². The van der Waals surface area contributed by atoms with E-state index in [1.165, 1.54) is 0 Å². The van der Waals surface area contributed by atoms with Crippen molar-refractivity contribution in [3.8, 4) is 23.0 Å². The first-order valence-electron chi connectivity index (χ1n) is 12.9. The molecule has 0 bridgehead atoms. The van der Waals surface area contributed by atoms with Gasteiger partial charge in [0.15, 0.2) is 28.8 Å². The van der Waals surface area contributed by atoms with Crippen molar-refractivity contribution < 1.29 is 37.3 Å². The van der Waals surface area contributed by atoms with E-state index < -0.39 is 23.4 Å². The van der Waals surface area contributed by atoms with Gasteiger partial charge in [0.1, 0.15) is 38.1 Å². The summed E-state index contributed by atoms with van der Waals surface area (Å²) in [6, 6.07) is 11.9. The van der Waals surface area contributed by atoms with Crippen molar-refractivity contribution in [3.63, 3.8) is 0 Å². The molecule has 40 heavy (non-hydrogen) atoms. The lowest BCUT2D eigenvalue weighted by atomic mass is 10.1. The number of hydrogen-bond acceptors (Lipinski definition) is 7. The SMILES string of the molecule is CC.O=C(Cc1ccc2c(c1)OCCO2)Nc1nn(C(=O)Cc2ccc3c(c2)OCCO3)c2cc(F)cc(F)c12. The molecular weight excluding hydrogens is 524 g/mol. The molecule has 0 unspecified atom stereocenters. The summed E-state index contributed by atoms with van der Waals surface area (Å²) in [5.41, 5.74) is 1.14. The molecule has 1 amide bonds. The summed E-state index contributed by atoms with van der Waals surface area (Å²) in [6.07, 6.45) is -0.199. The minimum Gasteiger partial charge on any atom is -0.486 e.